The smallest absolute Gasteiger partial charge is 0.325 e. The van der Waals surface area contributed by atoms with Gasteiger partial charge in [0.2, 0.25) is 0 Å². The molecule has 124 valence electrons. The van der Waals surface area contributed by atoms with Crippen LogP contribution in [0, 0.1) is 6.92 Å². The van der Waals surface area contributed by atoms with Gasteiger partial charge in [-0.1, -0.05) is 0 Å². The molecule has 0 aliphatic heterocycles. The molecule has 3 rings (SSSR count). The lowest BCUT2D eigenvalue weighted by molar-refractivity contribution is -0.143. The lowest BCUT2D eigenvalue weighted by Crippen LogP contribution is -2.30. The summed E-state index contributed by atoms with van der Waals surface area (Å²) >= 11 is 0. The van der Waals surface area contributed by atoms with Crippen LogP contribution in [0.1, 0.15) is 22.0 Å². The van der Waals surface area contributed by atoms with Gasteiger partial charge in [-0.15, -0.1) is 4.57 Å². The topological polar surface area (TPSA) is 116 Å². The molecule has 0 bridgehead atoms. The van der Waals surface area contributed by atoms with Crippen LogP contribution < -0.4 is 10.9 Å². The number of aromatic nitrogens is 2. The number of rotatable bonds is 5. The summed E-state index contributed by atoms with van der Waals surface area (Å²) in [7, 11) is 0. The third kappa shape index (κ3) is 3.35. The quantitative estimate of drug-likeness (QED) is 0.683. The molecule has 0 aromatic carbocycles. The normalized spacial score (nSPS) is 10.7. The fourth-order valence-electron chi connectivity index (χ4n) is 2.00. The zero-order valence-electron chi connectivity index (χ0n) is 12.6. The molecule has 0 aliphatic carbocycles. The maximum atomic E-state index is 11.8. The molecule has 0 unspecified atom stereocenters. The Kier molecular flexibility index (Phi) is 4.15. The fourth-order valence-corrected chi connectivity index (χ4v) is 2.00. The minimum atomic E-state index is -0.666. The molecule has 3 heterocycles. The number of nitrogens with zero attached hydrogens (tertiary/aromatic N) is 2. The predicted molar refractivity (Wildman–Crippen MR) is 79.3 cm³/mol. The van der Waals surface area contributed by atoms with Crippen LogP contribution in [-0.4, -0.2) is 28.0 Å². The summed E-state index contributed by atoms with van der Waals surface area (Å²) in [6, 6.07) is 5.84. The summed E-state index contributed by atoms with van der Waals surface area (Å²) in [6.45, 7) is 1.17. The van der Waals surface area contributed by atoms with Gasteiger partial charge in [0, 0.05) is 12.1 Å². The van der Waals surface area contributed by atoms with Gasteiger partial charge in [-0.25, -0.2) is 4.98 Å². The van der Waals surface area contributed by atoms with Crippen molar-refractivity contribution >= 4 is 17.5 Å². The number of esters is 1. The standard InChI is InChI=1S/C15H13N3O6/c1-9-5-12-17-10(6-13(19)18(12)24-9)8-23-14(20)7-16-15(21)11-3-2-4-22-11/h2-6H,7-8H2,1H3,(H,16,21). The van der Waals surface area contributed by atoms with Crippen LogP contribution in [0.25, 0.3) is 5.65 Å². The number of hydrogen-bond acceptors (Lipinski definition) is 7. The molecule has 0 radical (unpaired) electrons. The molecule has 0 saturated carbocycles. The monoisotopic (exact) mass is 331 g/mol. The molecule has 9 heteroatoms. The number of aryl methyl sites for hydroxylation is 1. The molecular weight excluding hydrogens is 318 g/mol. The lowest BCUT2D eigenvalue weighted by atomic mass is 10.4. The van der Waals surface area contributed by atoms with Crippen molar-refractivity contribution in [3.63, 3.8) is 0 Å². The molecule has 0 aliphatic rings. The highest BCUT2D eigenvalue weighted by Crippen LogP contribution is 2.05. The van der Waals surface area contributed by atoms with E-state index in [0.717, 1.165) is 4.57 Å². The summed E-state index contributed by atoms with van der Waals surface area (Å²) < 4.78 is 16.1. The average molecular weight is 331 g/mol. The maximum absolute atomic E-state index is 11.8. The van der Waals surface area contributed by atoms with Crippen molar-refractivity contribution in [3.05, 3.63) is 58.1 Å². The van der Waals surface area contributed by atoms with Gasteiger partial charge in [0.15, 0.2) is 11.4 Å². The van der Waals surface area contributed by atoms with Crippen molar-refractivity contribution in [3.8, 4) is 0 Å². The highest BCUT2D eigenvalue weighted by atomic mass is 16.5. The zero-order chi connectivity index (χ0) is 17.1. The summed E-state index contributed by atoms with van der Waals surface area (Å²) in [5, 5.41) is 2.36. The molecule has 3 aromatic rings. The Morgan fingerprint density at radius 1 is 1.38 bits per heavy atom. The summed E-state index contributed by atoms with van der Waals surface area (Å²) in [4.78, 5) is 39.2. The van der Waals surface area contributed by atoms with E-state index in [1.807, 2.05) is 0 Å². The van der Waals surface area contributed by atoms with Crippen molar-refractivity contribution in [1.29, 1.82) is 0 Å². The van der Waals surface area contributed by atoms with Crippen molar-refractivity contribution in [2.75, 3.05) is 6.54 Å². The average Bonchev–Trinajstić information content (AvgIpc) is 3.19. The first kappa shape index (κ1) is 15.5. The van der Waals surface area contributed by atoms with Crippen molar-refractivity contribution < 1.29 is 23.3 Å². The van der Waals surface area contributed by atoms with Crippen molar-refractivity contribution in [1.82, 2.24) is 14.9 Å². The van der Waals surface area contributed by atoms with Crippen LogP contribution in [0.2, 0.25) is 0 Å². The van der Waals surface area contributed by atoms with Gasteiger partial charge in [-0.3, -0.25) is 14.4 Å². The minimum absolute atomic E-state index is 0.0956. The Labute approximate surface area is 134 Å². The second kappa shape index (κ2) is 6.41. The Morgan fingerprint density at radius 3 is 2.96 bits per heavy atom. The Hall–Kier alpha value is -3.36. The zero-order valence-corrected chi connectivity index (χ0v) is 12.6. The number of amides is 1. The lowest BCUT2D eigenvalue weighted by Gasteiger charge is -2.05. The molecule has 3 aromatic heterocycles. The predicted octanol–water partition coefficient (Wildman–Crippen LogP) is 0.662. The van der Waals surface area contributed by atoms with E-state index in [0.29, 0.717) is 11.4 Å². The fraction of sp³-hybridized carbons (Fsp3) is 0.200. The number of nitrogens with one attached hydrogen (secondary N) is 1. The van der Waals surface area contributed by atoms with Crippen LogP contribution in [0.5, 0.6) is 0 Å². The number of carbonyl (C=O) groups excluding carboxylic acids is 2. The molecular formula is C15H13N3O6. The third-order valence-corrected chi connectivity index (χ3v) is 3.04. The van der Waals surface area contributed by atoms with Gasteiger partial charge in [0.1, 0.15) is 18.9 Å². The van der Waals surface area contributed by atoms with Gasteiger partial charge in [-0.2, -0.15) is 0 Å². The number of fused-ring (bicyclic) bond motifs is 1. The van der Waals surface area contributed by atoms with E-state index < -0.39 is 17.4 Å². The molecule has 9 nitrogen and oxygen atoms in total. The molecule has 0 saturated heterocycles. The molecule has 0 spiro atoms. The number of hydrogen-bond donors (Lipinski definition) is 1. The maximum Gasteiger partial charge on any atom is 0.325 e. The molecule has 0 fully saturated rings. The molecule has 24 heavy (non-hydrogen) atoms. The first-order valence-electron chi connectivity index (χ1n) is 7.00. The van der Waals surface area contributed by atoms with E-state index in [1.54, 1.807) is 19.1 Å². The van der Waals surface area contributed by atoms with Gasteiger partial charge >= 0.3 is 5.97 Å². The van der Waals surface area contributed by atoms with Gasteiger partial charge < -0.3 is 19.0 Å². The Bertz CT molecular complexity index is 938. The Morgan fingerprint density at radius 2 is 2.21 bits per heavy atom. The minimum Gasteiger partial charge on any atom is -0.459 e. The highest BCUT2D eigenvalue weighted by molar-refractivity contribution is 5.93. The van der Waals surface area contributed by atoms with Crippen LogP contribution in [0.3, 0.4) is 0 Å². The van der Waals surface area contributed by atoms with Crippen molar-refractivity contribution in [2.45, 2.75) is 13.5 Å². The van der Waals surface area contributed by atoms with Crippen LogP contribution >= 0.6 is 0 Å². The van der Waals surface area contributed by atoms with Crippen LogP contribution in [0.15, 0.2) is 44.3 Å². The summed E-state index contributed by atoms with van der Waals surface area (Å²) in [6.07, 6.45) is 1.35. The van der Waals surface area contributed by atoms with E-state index in [1.165, 1.54) is 18.4 Å². The van der Waals surface area contributed by atoms with E-state index in [4.69, 9.17) is 13.7 Å². The number of ether oxygens (including phenoxy) is 1. The van der Waals surface area contributed by atoms with E-state index in [2.05, 4.69) is 10.3 Å². The van der Waals surface area contributed by atoms with Gasteiger partial charge in [0.25, 0.3) is 11.5 Å². The molecule has 0 atom stereocenters. The Balaban J connectivity index is 1.56. The second-order valence-electron chi connectivity index (χ2n) is 4.91. The van der Waals surface area contributed by atoms with Crippen LogP contribution in [0.4, 0.5) is 0 Å². The summed E-state index contributed by atoms with van der Waals surface area (Å²) in [5.41, 5.74) is 0.203. The number of carbonyl (C=O) groups is 2. The van der Waals surface area contributed by atoms with Gasteiger partial charge in [0.05, 0.1) is 12.0 Å². The SMILES string of the molecule is Cc1cc2nc(COC(=O)CNC(=O)c3ccco3)cc(=O)n2o1. The third-order valence-electron chi connectivity index (χ3n) is 3.04. The molecule has 1 N–H and O–H groups in total. The van der Waals surface area contributed by atoms with Crippen molar-refractivity contribution in [2.24, 2.45) is 0 Å². The van der Waals surface area contributed by atoms with Gasteiger partial charge in [-0.05, 0) is 19.1 Å². The highest BCUT2D eigenvalue weighted by Gasteiger charge is 2.12. The van der Waals surface area contributed by atoms with E-state index >= 15 is 0 Å². The first-order chi connectivity index (χ1) is 11.5. The number of furan rings is 1. The second-order valence-corrected chi connectivity index (χ2v) is 4.91. The van der Waals surface area contributed by atoms with Crippen LogP contribution in [-0.2, 0) is 16.1 Å². The molecule has 1 amide bonds. The largest absolute Gasteiger partial charge is 0.459 e. The summed E-state index contributed by atoms with van der Waals surface area (Å²) in [5.74, 6) is -0.559. The van der Waals surface area contributed by atoms with E-state index in [9.17, 15) is 14.4 Å². The van der Waals surface area contributed by atoms with E-state index in [-0.39, 0.29) is 24.6 Å². The first-order valence-corrected chi connectivity index (χ1v) is 7.00.